The number of nitrogens with one attached hydrogen (secondary N) is 2. The molecule has 1 aromatic rings. The van der Waals surface area contributed by atoms with Gasteiger partial charge in [-0.05, 0) is 18.1 Å². The summed E-state index contributed by atoms with van der Waals surface area (Å²) in [6.07, 6.45) is 5.34. The standard InChI is InChI=1S/C14H20N2O3S2/c1-5-12(10(3)4)16-14(17)15-9-11-7-8-13(20-11)21(18,19)6-2/h1,7-8,10,12H,6,9H2,2-4H3,(H2,15,16,17)/t12-/m1/s1. The van der Waals surface area contributed by atoms with E-state index < -0.39 is 9.84 Å². The molecule has 0 fully saturated rings. The van der Waals surface area contributed by atoms with Crippen LogP contribution in [0.3, 0.4) is 0 Å². The molecule has 116 valence electrons. The third kappa shape index (κ3) is 5.06. The zero-order chi connectivity index (χ0) is 16.0. The molecule has 21 heavy (non-hydrogen) atoms. The van der Waals surface area contributed by atoms with Crippen molar-refractivity contribution in [2.75, 3.05) is 5.75 Å². The van der Waals surface area contributed by atoms with Crippen LogP contribution in [0.1, 0.15) is 25.6 Å². The second-order valence-corrected chi connectivity index (χ2v) is 8.51. The highest BCUT2D eigenvalue weighted by atomic mass is 32.2. The number of rotatable bonds is 6. The Morgan fingerprint density at radius 2 is 2.10 bits per heavy atom. The normalized spacial score (nSPS) is 12.7. The average Bonchev–Trinajstić information content (AvgIpc) is 2.91. The first-order chi connectivity index (χ1) is 9.80. The molecule has 5 nitrogen and oxygen atoms in total. The van der Waals surface area contributed by atoms with Crippen LogP contribution in [0.5, 0.6) is 0 Å². The van der Waals surface area contributed by atoms with Crippen molar-refractivity contribution in [2.45, 2.75) is 37.6 Å². The number of hydrogen-bond acceptors (Lipinski definition) is 4. The molecule has 0 saturated heterocycles. The molecule has 0 aliphatic rings. The number of carbonyl (C=O) groups is 1. The van der Waals surface area contributed by atoms with Gasteiger partial charge in [-0.2, -0.15) is 0 Å². The minimum absolute atomic E-state index is 0.0686. The number of amides is 2. The lowest BCUT2D eigenvalue weighted by Gasteiger charge is -2.16. The van der Waals surface area contributed by atoms with Gasteiger partial charge >= 0.3 is 6.03 Å². The minimum atomic E-state index is -3.19. The molecule has 0 bridgehead atoms. The molecule has 1 rings (SSSR count). The van der Waals surface area contributed by atoms with Gasteiger partial charge in [-0.25, -0.2) is 13.2 Å². The van der Waals surface area contributed by atoms with E-state index in [-0.39, 0.29) is 30.3 Å². The monoisotopic (exact) mass is 328 g/mol. The molecule has 1 atom stereocenters. The Balaban J connectivity index is 2.57. The third-order valence-corrected chi connectivity index (χ3v) is 6.28. The molecule has 0 radical (unpaired) electrons. The largest absolute Gasteiger partial charge is 0.333 e. The van der Waals surface area contributed by atoms with E-state index in [0.717, 1.165) is 4.88 Å². The number of thiophene rings is 1. The number of carbonyl (C=O) groups excluding carboxylic acids is 1. The van der Waals surface area contributed by atoms with Crippen LogP contribution in [0.4, 0.5) is 4.79 Å². The van der Waals surface area contributed by atoms with Crippen molar-refractivity contribution < 1.29 is 13.2 Å². The molecule has 1 heterocycles. The van der Waals surface area contributed by atoms with Crippen LogP contribution in [0.15, 0.2) is 16.3 Å². The summed E-state index contributed by atoms with van der Waals surface area (Å²) < 4.78 is 23.7. The molecule has 2 N–H and O–H groups in total. The predicted molar refractivity (Wildman–Crippen MR) is 84.9 cm³/mol. The Morgan fingerprint density at radius 1 is 1.43 bits per heavy atom. The van der Waals surface area contributed by atoms with E-state index in [4.69, 9.17) is 6.42 Å². The summed E-state index contributed by atoms with van der Waals surface area (Å²) in [5, 5.41) is 5.36. The minimum Gasteiger partial charge on any atom is -0.333 e. The van der Waals surface area contributed by atoms with Crippen LogP contribution in [-0.4, -0.2) is 26.2 Å². The fraction of sp³-hybridized carbons (Fsp3) is 0.500. The van der Waals surface area contributed by atoms with Crippen LogP contribution >= 0.6 is 11.3 Å². The summed E-state index contributed by atoms with van der Waals surface area (Å²) in [5.74, 6) is 2.72. The molecule has 0 aliphatic heterocycles. The highest BCUT2D eigenvalue weighted by Gasteiger charge is 2.16. The maximum atomic E-state index is 11.7. The maximum absolute atomic E-state index is 11.7. The first-order valence-corrected chi connectivity index (χ1v) is 9.09. The zero-order valence-corrected chi connectivity index (χ0v) is 14.0. The lowest BCUT2D eigenvalue weighted by molar-refractivity contribution is 0.236. The van der Waals surface area contributed by atoms with E-state index in [2.05, 4.69) is 16.6 Å². The average molecular weight is 328 g/mol. The molecule has 1 aromatic heterocycles. The van der Waals surface area contributed by atoms with Crippen molar-refractivity contribution in [3.8, 4) is 12.3 Å². The van der Waals surface area contributed by atoms with Gasteiger partial charge in [0.1, 0.15) is 4.21 Å². The third-order valence-electron chi connectivity index (χ3n) is 2.88. The van der Waals surface area contributed by atoms with Crippen molar-refractivity contribution in [1.29, 1.82) is 0 Å². The molecular weight excluding hydrogens is 308 g/mol. The zero-order valence-electron chi connectivity index (χ0n) is 12.3. The van der Waals surface area contributed by atoms with E-state index in [9.17, 15) is 13.2 Å². The van der Waals surface area contributed by atoms with Crippen LogP contribution in [0.25, 0.3) is 0 Å². The Hall–Kier alpha value is -1.52. The van der Waals surface area contributed by atoms with Crippen molar-refractivity contribution in [3.05, 3.63) is 17.0 Å². The van der Waals surface area contributed by atoms with Gasteiger partial charge in [-0.1, -0.05) is 26.7 Å². The summed E-state index contributed by atoms with van der Waals surface area (Å²) in [6.45, 7) is 5.72. The topological polar surface area (TPSA) is 75.3 Å². The Bertz CT molecular complexity index is 627. The Labute approximate surface area is 130 Å². The molecule has 0 saturated carbocycles. The highest BCUT2D eigenvalue weighted by molar-refractivity contribution is 7.93. The van der Waals surface area contributed by atoms with Crippen LogP contribution in [-0.2, 0) is 16.4 Å². The fourth-order valence-electron chi connectivity index (χ4n) is 1.52. The van der Waals surface area contributed by atoms with E-state index in [0.29, 0.717) is 4.21 Å². The van der Waals surface area contributed by atoms with Gasteiger partial charge in [0, 0.05) is 4.88 Å². The Morgan fingerprint density at radius 3 is 2.62 bits per heavy atom. The van der Waals surface area contributed by atoms with Crippen molar-refractivity contribution >= 4 is 27.2 Å². The maximum Gasteiger partial charge on any atom is 0.316 e. The first-order valence-electron chi connectivity index (χ1n) is 6.62. The molecule has 2 amide bonds. The second-order valence-electron chi connectivity index (χ2n) is 4.84. The summed E-state index contributed by atoms with van der Waals surface area (Å²) in [4.78, 5) is 12.5. The molecule has 0 unspecified atom stereocenters. The van der Waals surface area contributed by atoms with Gasteiger partial charge in [0.2, 0.25) is 0 Å². The number of hydrogen-bond donors (Lipinski definition) is 2. The van der Waals surface area contributed by atoms with Crippen LogP contribution in [0, 0.1) is 18.3 Å². The van der Waals surface area contributed by atoms with E-state index in [1.807, 2.05) is 13.8 Å². The van der Waals surface area contributed by atoms with Gasteiger partial charge < -0.3 is 10.6 Å². The summed E-state index contributed by atoms with van der Waals surface area (Å²) in [6, 6.07) is 2.58. The van der Waals surface area contributed by atoms with Crippen LogP contribution in [0.2, 0.25) is 0 Å². The van der Waals surface area contributed by atoms with Gasteiger partial charge in [-0.15, -0.1) is 17.8 Å². The molecule has 0 aromatic carbocycles. The van der Waals surface area contributed by atoms with E-state index in [1.165, 1.54) is 11.3 Å². The van der Waals surface area contributed by atoms with Gasteiger partial charge in [0.25, 0.3) is 0 Å². The number of sulfone groups is 1. The first kappa shape index (κ1) is 17.5. The highest BCUT2D eigenvalue weighted by Crippen LogP contribution is 2.22. The molecule has 0 aliphatic carbocycles. The number of urea groups is 1. The van der Waals surface area contributed by atoms with Crippen molar-refractivity contribution in [1.82, 2.24) is 10.6 Å². The predicted octanol–water partition coefficient (Wildman–Crippen LogP) is 2.00. The van der Waals surface area contributed by atoms with Gasteiger partial charge in [0.15, 0.2) is 9.84 Å². The lowest BCUT2D eigenvalue weighted by atomic mass is 10.1. The SMILES string of the molecule is C#C[C@@H](NC(=O)NCc1ccc(S(=O)(=O)CC)s1)C(C)C. The fourth-order valence-corrected chi connectivity index (χ4v) is 3.94. The molecule has 7 heteroatoms. The van der Waals surface area contributed by atoms with Crippen LogP contribution < -0.4 is 10.6 Å². The summed E-state index contributed by atoms with van der Waals surface area (Å²) in [7, 11) is -3.19. The van der Waals surface area contributed by atoms with E-state index >= 15 is 0 Å². The lowest BCUT2D eigenvalue weighted by Crippen LogP contribution is -2.43. The second kappa shape index (κ2) is 7.48. The van der Waals surface area contributed by atoms with Gasteiger partial charge in [0.05, 0.1) is 18.3 Å². The summed E-state index contributed by atoms with van der Waals surface area (Å²) in [5.41, 5.74) is 0. The summed E-state index contributed by atoms with van der Waals surface area (Å²) >= 11 is 1.17. The quantitative estimate of drug-likeness (QED) is 0.784. The van der Waals surface area contributed by atoms with Crippen molar-refractivity contribution in [2.24, 2.45) is 5.92 Å². The number of terminal acetylenes is 1. The van der Waals surface area contributed by atoms with Crippen molar-refractivity contribution in [3.63, 3.8) is 0 Å². The molecular formula is C14H20N2O3S2. The Kier molecular flexibility index (Phi) is 6.24. The molecule has 0 spiro atoms. The van der Waals surface area contributed by atoms with E-state index in [1.54, 1.807) is 19.1 Å². The van der Waals surface area contributed by atoms with Gasteiger partial charge in [-0.3, -0.25) is 0 Å². The smallest absolute Gasteiger partial charge is 0.316 e.